The molecule has 0 atom stereocenters. The van der Waals surface area contributed by atoms with Crippen LogP contribution in [0.2, 0.25) is 15.1 Å². The maximum absolute atomic E-state index is 11.8. The van der Waals surface area contributed by atoms with E-state index in [9.17, 15) is 4.79 Å². The van der Waals surface area contributed by atoms with Crippen LogP contribution in [0, 0.1) is 0 Å². The van der Waals surface area contributed by atoms with Crippen LogP contribution in [0.1, 0.15) is 10.4 Å². The van der Waals surface area contributed by atoms with Gasteiger partial charge in [0.25, 0.3) is 0 Å². The van der Waals surface area contributed by atoms with Crippen LogP contribution < -0.4 is 4.74 Å². The van der Waals surface area contributed by atoms with Gasteiger partial charge in [0.1, 0.15) is 0 Å². The van der Waals surface area contributed by atoms with Crippen molar-refractivity contribution >= 4 is 40.8 Å². The molecule has 0 radical (unpaired) electrons. The van der Waals surface area contributed by atoms with Gasteiger partial charge < -0.3 is 4.74 Å². The van der Waals surface area contributed by atoms with E-state index in [1.54, 1.807) is 30.3 Å². The lowest BCUT2D eigenvalue weighted by Crippen LogP contribution is -2.08. The van der Waals surface area contributed by atoms with E-state index < -0.39 is 5.97 Å². The fraction of sp³-hybridized carbons (Fsp3) is 0. The molecule has 2 aromatic rings. The minimum Gasteiger partial charge on any atom is -0.420 e. The number of carbonyl (C=O) groups excluding carboxylic acids is 1. The Hall–Kier alpha value is -1.22. The zero-order valence-corrected chi connectivity index (χ0v) is 11.3. The molecule has 5 heteroatoms. The van der Waals surface area contributed by atoms with E-state index in [0.29, 0.717) is 10.6 Å². The molecule has 2 rings (SSSR count). The van der Waals surface area contributed by atoms with Crippen molar-refractivity contribution in [1.82, 2.24) is 0 Å². The lowest BCUT2D eigenvalue weighted by molar-refractivity contribution is 0.0735. The maximum Gasteiger partial charge on any atom is 0.343 e. The second kappa shape index (κ2) is 5.61. The number of esters is 1. The Kier molecular flexibility index (Phi) is 4.12. The lowest BCUT2D eigenvalue weighted by Gasteiger charge is -2.08. The average molecular weight is 302 g/mol. The molecule has 0 aliphatic carbocycles. The molecule has 2 aromatic carbocycles. The predicted octanol–water partition coefficient (Wildman–Crippen LogP) is 4.87. The van der Waals surface area contributed by atoms with E-state index in [1.807, 2.05) is 0 Å². The first-order chi connectivity index (χ1) is 8.58. The number of hydrogen-bond donors (Lipinski definition) is 0. The molecule has 0 spiro atoms. The summed E-state index contributed by atoms with van der Waals surface area (Å²) in [5, 5.41) is 0.762. The van der Waals surface area contributed by atoms with E-state index in [2.05, 4.69) is 0 Å². The highest BCUT2D eigenvalue weighted by atomic mass is 35.5. The molecule has 0 fully saturated rings. The number of benzene rings is 2. The summed E-state index contributed by atoms with van der Waals surface area (Å²) < 4.78 is 5.16. The molecule has 0 unspecified atom stereocenters. The maximum atomic E-state index is 11.8. The molecule has 0 bridgehead atoms. The minimum absolute atomic E-state index is 0.108. The third kappa shape index (κ3) is 2.96. The van der Waals surface area contributed by atoms with Gasteiger partial charge in [-0.1, -0.05) is 53.0 Å². The monoisotopic (exact) mass is 300 g/mol. The highest BCUT2D eigenvalue weighted by Gasteiger charge is 2.14. The van der Waals surface area contributed by atoms with Crippen molar-refractivity contribution < 1.29 is 9.53 Å². The van der Waals surface area contributed by atoms with Crippen LogP contribution in [0.25, 0.3) is 0 Å². The molecule has 0 aliphatic heterocycles. The second-order valence-electron chi connectivity index (χ2n) is 3.45. The lowest BCUT2D eigenvalue weighted by atomic mass is 10.2. The summed E-state index contributed by atoms with van der Waals surface area (Å²) in [5.74, 6) is -0.418. The van der Waals surface area contributed by atoms with Crippen LogP contribution in [0.3, 0.4) is 0 Å². The quantitative estimate of drug-likeness (QED) is 0.584. The summed E-state index contributed by atoms with van der Waals surface area (Å²) in [6.07, 6.45) is 0. The molecular formula is C13H7Cl3O2. The van der Waals surface area contributed by atoms with E-state index in [-0.39, 0.29) is 15.8 Å². The highest BCUT2D eigenvalue weighted by molar-refractivity contribution is 6.40. The molecule has 0 aliphatic rings. The Morgan fingerprint density at radius 3 is 2.06 bits per heavy atom. The molecule has 0 amide bonds. The van der Waals surface area contributed by atoms with Crippen molar-refractivity contribution in [3.05, 3.63) is 63.1 Å². The predicted molar refractivity (Wildman–Crippen MR) is 72.9 cm³/mol. The number of carbonyl (C=O) groups is 1. The van der Waals surface area contributed by atoms with Gasteiger partial charge in [-0.3, -0.25) is 0 Å². The van der Waals surface area contributed by atoms with Crippen LogP contribution in [0.5, 0.6) is 5.75 Å². The third-order valence-corrected chi connectivity index (χ3v) is 2.95. The molecule has 0 heterocycles. The van der Waals surface area contributed by atoms with Gasteiger partial charge in [-0.05, 0) is 24.3 Å². The van der Waals surface area contributed by atoms with Gasteiger partial charge in [0.05, 0.1) is 15.6 Å². The summed E-state index contributed by atoms with van der Waals surface area (Å²) >= 11 is 17.6. The van der Waals surface area contributed by atoms with Crippen LogP contribution in [0.15, 0.2) is 42.5 Å². The van der Waals surface area contributed by atoms with Gasteiger partial charge in [-0.2, -0.15) is 0 Å². The van der Waals surface area contributed by atoms with Crippen molar-refractivity contribution in [2.24, 2.45) is 0 Å². The molecule has 92 valence electrons. The van der Waals surface area contributed by atoms with Crippen LogP contribution in [-0.2, 0) is 0 Å². The summed E-state index contributed by atoms with van der Waals surface area (Å²) in [5.41, 5.74) is 0.416. The highest BCUT2D eigenvalue weighted by Crippen LogP contribution is 2.36. The Balaban J connectivity index is 2.28. The standard InChI is InChI=1S/C13H7Cl3O2/c14-9-6-10(15)12(11(16)7-9)18-13(17)8-4-2-1-3-5-8/h1-7H. The third-order valence-electron chi connectivity index (χ3n) is 2.17. The summed E-state index contributed by atoms with van der Waals surface area (Å²) in [7, 11) is 0. The van der Waals surface area contributed by atoms with E-state index >= 15 is 0 Å². The fourth-order valence-corrected chi connectivity index (χ4v) is 2.25. The smallest absolute Gasteiger partial charge is 0.343 e. The second-order valence-corrected chi connectivity index (χ2v) is 4.70. The van der Waals surface area contributed by atoms with Crippen molar-refractivity contribution in [3.63, 3.8) is 0 Å². The SMILES string of the molecule is O=C(Oc1c(Cl)cc(Cl)cc1Cl)c1ccccc1. The summed E-state index contributed by atoms with van der Waals surface area (Å²) in [6.45, 7) is 0. The van der Waals surface area contributed by atoms with Crippen molar-refractivity contribution in [2.45, 2.75) is 0 Å². The fourth-order valence-electron chi connectivity index (χ4n) is 1.35. The number of hydrogen-bond acceptors (Lipinski definition) is 2. The molecule has 0 N–H and O–H groups in total. The molecule has 0 aromatic heterocycles. The molecule has 2 nitrogen and oxygen atoms in total. The average Bonchev–Trinajstić information content (AvgIpc) is 2.34. The van der Waals surface area contributed by atoms with Gasteiger partial charge in [0, 0.05) is 5.02 Å². The van der Waals surface area contributed by atoms with Crippen LogP contribution >= 0.6 is 34.8 Å². The normalized spacial score (nSPS) is 10.2. The Labute approximate surface area is 119 Å². The number of halogens is 3. The zero-order chi connectivity index (χ0) is 13.1. The topological polar surface area (TPSA) is 26.3 Å². The van der Waals surface area contributed by atoms with Crippen LogP contribution in [-0.4, -0.2) is 5.97 Å². The summed E-state index contributed by atoms with van der Waals surface area (Å²) in [6, 6.07) is 11.5. The van der Waals surface area contributed by atoms with E-state index in [4.69, 9.17) is 39.5 Å². The molecule has 0 saturated carbocycles. The number of rotatable bonds is 2. The van der Waals surface area contributed by atoms with Crippen molar-refractivity contribution in [1.29, 1.82) is 0 Å². The number of ether oxygens (including phenoxy) is 1. The largest absolute Gasteiger partial charge is 0.420 e. The first-order valence-electron chi connectivity index (χ1n) is 4.99. The molecule has 18 heavy (non-hydrogen) atoms. The summed E-state index contributed by atoms with van der Waals surface area (Å²) in [4.78, 5) is 11.8. The van der Waals surface area contributed by atoms with Gasteiger partial charge in [0.15, 0.2) is 5.75 Å². The Morgan fingerprint density at radius 2 is 1.50 bits per heavy atom. The van der Waals surface area contributed by atoms with Gasteiger partial charge in [0.2, 0.25) is 0 Å². The van der Waals surface area contributed by atoms with Crippen molar-refractivity contribution in [2.75, 3.05) is 0 Å². The molecular weight excluding hydrogens is 295 g/mol. The minimum atomic E-state index is -0.526. The Bertz CT molecular complexity index is 559. The van der Waals surface area contributed by atoms with E-state index in [0.717, 1.165) is 0 Å². The molecule has 0 saturated heterocycles. The van der Waals surface area contributed by atoms with Crippen molar-refractivity contribution in [3.8, 4) is 5.75 Å². The van der Waals surface area contributed by atoms with E-state index in [1.165, 1.54) is 12.1 Å². The van der Waals surface area contributed by atoms with Crippen LogP contribution in [0.4, 0.5) is 0 Å². The van der Waals surface area contributed by atoms with Gasteiger partial charge in [-0.25, -0.2) is 4.79 Å². The first-order valence-corrected chi connectivity index (χ1v) is 6.13. The first kappa shape index (κ1) is 13.2. The zero-order valence-electron chi connectivity index (χ0n) is 8.99. The van der Waals surface area contributed by atoms with Gasteiger partial charge in [-0.15, -0.1) is 0 Å². The van der Waals surface area contributed by atoms with Gasteiger partial charge >= 0.3 is 5.97 Å². The Morgan fingerprint density at radius 1 is 0.944 bits per heavy atom.